The lowest BCUT2D eigenvalue weighted by Gasteiger charge is -2.19. The standard InChI is InChI=1S/C13H15BrN4/c14-11-7-9(10-8-16-17-13(10)15)3-4-12(11)18-5-1-2-6-18/h3-4,7-8H,1-2,5-6H2,(H3,15,16,17). The maximum absolute atomic E-state index is 5.84. The smallest absolute Gasteiger partial charge is 0.126 e. The van der Waals surface area contributed by atoms with E-state index in [1.165, 1.54) is 18.5 Å². The van der Waals surface area contributed by atoms with Crippen LogP contribution >= 0.6 is 15.9 Å². The molecule has 0 amide bonds. The van der Waals surface area contributed by atoms with Crippen LogP contribution in [0.1, 0.15) is 12.8 Å². The average molecular weight is 307 g/mol. The van der Waals surface area contributed by atoms with Crippen LogP contribution in [0, 0.1) is 0 Å². The Morgan fingerprint density at radius 2 is 2.06 bits per heavy atom. The third-order valence-corrected chi connectivity index (χ3v) is 4.01. The van der Waals surface area contributed by atoms with Crippen LogP contribution in [-0.4, -0.2) is 23.3 Å². The minimum absolute atomic E-state index is 0.607. The fourth-order valence-electron chi connectivity index (χ4n) is 2.42. The lowest BCUT2D eigenvalue weighted by Crippen LogP contribution is -2.17. The molecule has 2 aromatic rings. The number of benzene rings is 1. The topological polar surface area (TPSA) is 57.9 Å². The molecule has 0 unspecified atom stereocenters. The van der Waals surface area contributed by atoms with E-state index in [2.05, 4.69) is 49.2 Å². The van der Waals surface area contributed by atoms with Gasteiger partial charge in [0.05, 0.1) is 11.9 Å². The second kappa shape index (κ2) is 4.65. The van der Waals surface area contributed by atoms with Crippen molar-refractivity contribution in [3.63, 3.8) is 0 Å². The molecular weight excluding hydrogens is 292 g/mol. The summed E-state index contributed by atoms with van der Waals surface area (Å²) in [4.78, 5) is 2.41. The van der Waals surface area contributed by atoms with Gasteiger partial charge in [0.2, 0.25) is 0 Å². The number of nitrogens with zero attached hydrogens (tertiary/aromatic N) is 2. The summed E-state index contributed by atoms with van der Waals surface area (Å²) in [7, 11) is 0. The molecule has 0 bridgehead atoms. The van der Waals surface area contributed by atoms with E-state index in [9.17, 15) is 0 Å². The fraction of sp³-hybridized carbons (Fsp3) is 0.308. The lowest BCUT2D eigenvalue weighted by atomic mass is 10.1. The minimum atomic E-state index is 0.607. The Balaban J connectivity index is 1.96. The number of rotatable bonds is 2. The molecule has 4 nitrogen and oxygen atoms in total. The molecule has 1 saturated heterocycles. The van der Waals surface area contributed by atoms with Gasteiger partial charge in [-0.05, 0) is 46.5 Å². The molecule has 3 N–H and O–H groups in total. The molecule has 0 atom stereocenters. The Labute approximate surface area is 114 Å². The second-order valence-corrected chi connectivity index (χ2v) is 5.41. The first-order chi connectivity index (χ1) is 8.75. The number of halogens is 1. The van der Waals surface area contributed by atoms with Gasteiger partial charge in [-0.2, -0.15) is 5.10 Å². The Morgan fingerprint density at radius 1 is 1.28 bits per heavy atom. The van der Waals surface area contributed by atoms with Crippen molar-refractivity contribution in [2.75, 3.05) is 23.7 Å². The monoisotopic (exact) mass is 306 g/mol. The van der Waals surface area contributed by atoms with E-state index >= 15 is 0 Å². The highest BCUT2D eigenvalue weighted by Gasteiger charge is 2.15. The molecule has 1 aromatic heterocycles. The zero-order valence-electron chi connectivity index (χ0n) is 9.99. The molecule has 1 aliphatic heterocycles. The molecular formula is C13H15BrN4. The van der Waals surface area contributed by atoms with Crippen LogP contribution in [0.4, 0.5) is 11.5 Å². The molecule has 1 aromatic carbocycles. The Hall–Kier alpha value is -1.49. The quantitative estimate of drug-likeness (QED) is 0.896. The van der Waals surface area contributed by atoms with Gasteiger partial charge in [-0.15, -0.1) is 0 Å². The summed E-state index contributed by atoms with van der Waals surface area (Å²) in [5.41, 5.74) is 9.13. The van der Waals surface area contributed by atoms with Crippen LogP contribution in [0.5, 0.6) is 0 Å². The molecule has 0 spiro atoms. The second-order valence-electron chi connectivity index (χ2n) is 4.56. The summed E-state index contributed by atoms with van der Waals surface area (Å²) < 4.78 is 1.11. The van der Waals surface area contributed by atoms with Crippen molar-refractivity contribution in [3.05, 3.63) is 28.9 Å². The van der Waals surface area contributed by atoms with E-state index < -0.39 is 0 Å². The van der Waals surface area contributed by atoms with Crippen LogP contribution < -0.4 is 10.6 Å². The van der Waals surface area contributed by atoms with Gasteiger partial charge in [0, 0.05) is 23.1 Å². The molecule has 3 rings (SSSR count). The van der Waals surface area contributed by atoms with Crippen LogP contribution in [0.25, 0.3) is 11.1 Å². The average Bonchev–Trinajstić information content (AvgIpc) is 2.99. The number of hydrogen-bond donors (Lipinski definition) is 2. The highest BCUT2D eigenvalue weighted by molar-refractivity contribution is 9.10. The maximum atomic E-state index is 5.84. The lowest BCUT2D eigenvalue weighted by molar-refractivity contribution is 0.949. The first kappa shape index (κ1) is 11.6. The maximum Gasteiger partial charge on any atom is 0.126 e. The predicted octanol–water partition coefficient (Wildman–Crippen LogP) is 3.02. The zero-order valence-corrected chi connectivity index (χ0v) is 11.6. The molecule has 1 fully saturated rings. The number of hydrogen-bond acceptors (Lipinski definition) is 3. The van der Waals surface area contributed by atoms with E-state index in [4.69, 9.17) is 5.73 Å². The summed E-state index contributed by atoms with van der Waals surface area (Å²) in [6.07, 6.45) is 4.32. The van der Waals surface area contributed by atoms with Crippen LogP contribution in [0.2, 0.25) is 0 Å². The van der Waals surface area contributed by atoms with Crippen molar-refractivity contribution in [2.45, 2.75) is 12.8 Å². The van der Waals surface area contributed by atoms with E-state index in [1.807, 2.05) is 0 Å². The summed E-state index contributed by atoms with van der Waals surface area (Å²) in [6, 6.07) is 6.35. The molecule has 0 saturated carbocycles. The van der Waals surface area contributed by atoms with Crippen molar-refractivity contribution in [2.24, 2.45) is 0 Å². The van der Waals surface area contributed by atoms with E-state index in [0.29, 0.717) is 5.82 Å². The van der Waals surface area contributed by atoms with Gasteiger partial charge < -0.3 is 10.6 Å². The predicted molar refractivity (Wildman–Crippen MR) is 77.6 cm³/mol. The van der Waals surface area contributed by atoms with Crippen molar-refractivity contribution >= 4 is 27.4 Å². The van der Waals surface area contributed by atoms with Crippen LogP contribution in [0.15, 0.2) is 28.9 Å². The zero-order chi connectivity index (χ0) is 12.5. The fourth-order valence-corrected chi connectivity index (χ4v) is 3.04. The molecule has 94 valence electrons. The highest BCUT2D eigenvalue weighted by atomic mass is 79.9. The first-order valence-corrected chi connectivity index (χ1v) is 6.89. The molecule has 1 aliphatic rings. The van der Waals surface area contributed by atoms with Gasteiger partial charge in [-0.25, -0.2) is 0 Å². The SMILES string of the molecule is Nc1[nH]ncc1-c1ccc(N2CCCC2)c(Br)c1. The number of nitrogens with one attached hydrogen (secondary N) is 1. The van der Waals surface area contributed by atoms with E-state index in [0.717, 1.165) is 28.7 Å². The normalized spacial score (nSPS) is 15.3. The largest absolute Gasteiger partial charge is 0.384 e. The van der Waals surface area contributed by atoms with Gasteiger partial charge in [-0.3, -0.25) is 5.10 Å². The Bertz CT molecular complexity index is 558. The van der Waals surface area contributed by atoms with Crippen LogP contribution in [0.3, 0.4) is 0 Å². The number of aromatic amines is 1. The molecule has 5 heteroatoms. The highest BCUT2D eigenvalue weighted by Crippen LogP contribution is 2.34. The van der Waals surface area contributed by atoms with Gasteiger partial charge in [0.1, 0.15) is 5.82 Å². The number of nitrogen functional groups attached to an aromatic ring is 1. The van der Waals surface area contributed by atoms with E-state index in [-0.39, 0.29) is 0 Å². The number of anilines is 2. The third kappa shape index (κ3) is 1.99. The molecule has 0 aliphatic carbocycles. The Kier molecular flexibility index (Phi) is 2.99. The van der Waals surface area contributed by atoms with Gasteiger partial charge in [0.25, 0.3) is 0 Å². The number of H-pyrrole nitrogens is 1. The minimum Gasteiger partial charge on any atom is -0.384 e. The van der Waals surface area contributed by atoms with Crippen molar-refractivity contribution in [1.29, 1.82) is 0 Å². The summed E-state index contributed by atoms with van der Waals surface area (Å²) >= 11 is 3.65. The number of aromatic nitrogens is 2. The molecule has 18 heavy (non-hydrogen) atoms. The first-order valence-electron chi connectivity index (χ1n) is 6.09. The van der Waals surface area contributed by atoms with Gasteiger partial charge in [0.15, 0.2) is 0 Å². The summed E-state index contributed by atoms with van der Waals surface area (Å²) in [5, 5.41) is 6.71. The molecule has 0 radical (unpaired) electrons. The Morgan fingerprint density at radius 3 is 2.67 bits per heavy atom. The van der Waals surface area contributed by atoms with Crippen molar-refractivity contribution in [1.82, 2.24) is 10.2 Å². The van der Waals surface area contributed by atoms with Gasteiger partial charge in [-0.1, -0.05) is 6.07 Å². The van der Waals surface area contributed by atoms with Crippen LogP contribution in [-0.2, 0) is 0 Å². The van der Waals surface area contributed by atoms with Gasteiger partial charge >= 0.3 is 0 Å². The third-order valence-electron chi connectivity index (χ3n) is 3.37. The summed E-state index contributed by atoms with van der Waals surface area (Å²) in [5.74, 6) is 0.607. The van der Waals surface area contributed by atoms with E-state index in [1.54, 1.807) is 6.20 Å². The molecule has 2 heterocycles. The van der Waals surface area contributed by atoms with Crippen molar-refractivity contribution < 1.29 is 0 Å². The summed E-state index contributed by atoms with van der Waals surface area (Å²) in [6.45, 7) is 2.29. The number of nitrogens with two attached hydrogens (primary N) is 1. The van der Waals surface area contributed by atoms with Crippen molar-refractivity contribution in [3.8, 4) is 11.1 Å².